The van der Waals surface area contributed by atoms with Crippen LogP contribution in [-0.2, 0) is 23.9 Å². The molecule has 0 atom stereocenters. The van der Waals surface area contributed by atoms with Gasteiger partial charge in [-0.15, -0.1) is 6.58 Å². The highest BCUT2D eigenvalue weighted by Gasteiger charge is 2.24. The average Bonchev–Trinajstić information content (AvgIpc) is 2.77. The number of para-hydroxylation sites is 1. The van der Waals surface area contributed by atoms with E-state index in [4.69, 9.17) is 0 Å². The van der Waals surface area contributed by atoms with Crippen LogP contribution in [0.15, 0.2) is 55.1 Å². The lowest BCUT2D eigenvalue weighted by atomic mass is 10.3. The van der Waals surface area contributed by atoms with E-state index in [1.165, 1.54) is 18.2 Å². The average molecular weight is 309 g/mol. The molecular weight excluding hydrogens is 294 g/mol. The highest BCUT2D eigenvalue weighted by atomic mass is 32.2. The number of carbonyl (C=O) groups excluding carboxylic acids is 2. The number of rotatable bonds is 4. The van der Waals surface area contributed by atoms with Crippen molar-refractivity contribution in [1.29, 1.82) is 0 Å². The van der Waals surface area contributed by atoms with Gasteiger partial charge in [-0.2, -0.15) is 8.42 Å². The molecular formula is C14H15NO5S. The molecule has 0 fully saturated rings. The maximum atomic E-state index is 11.2. The van der Waals surface area contributed by atoms with Crippen LogP contribution < -0.4 is 4.90 Å². The first-order valence-electron chi connectivity index (χ1n) is 5.91. The predicted octanol–water partition coefficient (Wildman–Crippen LogP) is 1.26. The third kappa shape index (κ3) is 5.72. The summed E-state index contributed by atoms with van der Waals surface area (Å²) in [6, 6.07) is 8.86. The molecule has 1 aromatic rings. The maximum Gasteiger partial charge on any atom is 0.264 e. The fraction of sp³-hybridized carbons (Fsp3) is 0.143. The lowest BCUT2D eigenvalue weighted by Crippen LogP contribution is -2.29. The molecule has 2 rings (SSSR count). The number of imide groups is 1. The Kier molecular flexibility index (Phi) is 6.01. The number of carbonyl (C=O) groups is 2. The Bertz CT molecular complexity index is 631. The minimum atomic E-state index is -3.26. The van der Waals surface area contributed by atoms with Crippen LogP contribution in [0.1, 0.15) is 0 Å². The van der Waals surface area contributed by atoms with Gasteiger partial charge in [-0.3, -0.25) is 13.8 Å². The minimum Gasteiger partial charge on any atom is -0.269 e. The zero-order valence-electron chi connectivity index (χ0n) is 11.4. The van der Waals surface area contributed by atoms with E-state index in [0.29, 0.717) is 5.69 Å². The molecule has 2 amide bonds. The van der Waals surface area contributed by atoms with Crippen LogP contribution in [0.4, 0.5) is 5.69 Å². The predicted molar refractivity (Wildman–Crippen MR) is 79.1 cm³/mol. The first-order valence-corrected chi connectivity index (χ1v) is 7.73. The molecule has 1 heterocycles. The smallest absolute Gasteiger partial charge is 0.264 e. The number of nitrogens with zero attached hydrogens (tertiary/aromatic N) is 1. The van der Waals surface area contributed by atoms with Crippen LogP contribution in [0.5, 0.6) is 0 Å². The van der Waals surface area contributed by atoms with E-state index in [9.17, 15) is 18.0 Å². The Labute approximate surface area is 123 Å². The first-order chi connectivity index (χ1) is 9.85. The highest BCUT2D eigenvalue weighted by molar-refractivity contribution is 7.85. The van der Waals surface area contributed by atoms with E-state index in [1.54, 1.807) is 24.3 Å². The van der Waals surface area contributed by atoms with Crippen molar-refractivity contribution in [2.24, 2.45) is 0 Å². The second-order valence-electron chi connectivity index (χ2n) is 3.96. The van der Waals surface area contributed by atoms with Gasteiger partial charge in [0.25, 0.3) is 21.9 Å². The van der Waals surface area contributed by atoms with Crippen LogP contribution in [0, 0.1) is 0 Å². The molecule has 0 bridgehead atoms. The van der Waals surface area contributed by atoms with Crippen molar-refractivity contribution < 1.29 is 22.2 Å². The van der Waals surface area contributed by atoms with E-state index < -0.39 is 10.1 Å². The molecule has 0 aromatic heterocycles. The third-order valence-corrected chi connectivity index (χ3v) is 2.79. The topological polar surface area (TPSA) is 80.8 Å². The Morgan fingerprint density at radius 3 is 2.05 bits per heavy atom. The Morgan fingerprint density at radius 2 is 1.67 bits per heavy atom. The van der Waals surface area contributed by atoms with Gasteiger partial charge in [-0.05, 0) is 12.1 Å². The summed E-state index contributed by atoms with van der Waals surface area (Å²) in [5.74, 6) is -0.563. The van der Waals surface area contributed by atoms with E-state index in [-0.39, 0.29) is 18.4 Å². The van der Waals surface area contributed by atoms with Gasteiger partial charge in [-0.1, -0.05) is 24.3 Å². The zero-order chi connectivity index (χ0) is 15.9. The number of hydrogen-bond donors (Lipinski definition) is 0. The molecule has 1 aromatic carbocycles. The Hall–Kier alpha value is -2.25. The highest BCUT2D eigenvalue weighted by Crippen LogP contribution is 2.17. The van der Waals surface area contributed by atoms with E-state index in [2.05, 4.69) is 10.8 Å². The summed E-state index contributed by atoms with van der Waals surface area (Å²) in [5.41, 5.74) is 0.613. The van der Waals surface area contributed by atoms with E-state index in [1.807, 2.05) is 6.07 Å². The van der Waals surface area contributed by atoms with Gasteiger partial charge in [0.05, 0.1) is 18.6 Å². The maximum absolute atomic E-state index is 11.2. The molecule has 21 heavy (non-hydrogen) atoms. The summed E-state index contributed by atoms with van der Waals surface area (Å²) in [5, 5.41) is 0. The zero-order valence-corrected chi connectivity index (χ0v) is 12.2. The number of amides is 2. The monoisotopic (exact) mass is 309 g/mol. The number of anilines is 1. The number of benzene rings is 1. The molecule has 0 saturated heterocycles. The van der Waals surface area contributed by atoms with Gasteiger partial charge in [0.15, 0.2) is 0 Å². The molecule has 1 aliphatic rings. The second-order valence-corrected chi connectivity index (χ2v) is 5.60. The molecule has 7 heteroatoms. The molecule has 112 valence electrons. The first kappa shape index (κ1) is 16.8. The quantitative estimate of drug-likeness (QED) is 0.475. The van der Waals surface area contributed by atoms with Gasteiger partial charge < -0.3 is 0 Å². The standard InChI is InChI=1S/C10H7NO2.C4H8O3S/c12-9-6-7-10(13)11(9)8-4-2-1-3-5-8;1-3-4-7-8(2,5)6/h1-7H;3H,1,4H2,2H3. The van der Waals surface area contributed by atoms with Crippen molar-refractivity contribution in [1.82, 2.24) is 0 Å². The SMILES string of the molecule is C=CCOS(C)(=O)=O.O=C1C=CC(=O)N1c1ccccc1. The van der Waals surface area contributed by atoms with Crippen LogP contribution in [0.3, 0.4) is 0 Å². The van der Waals surface area contributed by atoms with Crippen molar-refractivity contribution >= 4 is 27.6 Å². The summed E-state index contributed by atoms with van der Waals surface area (Å²) in [7, 11) is -3.26. The summed E-state index contributed by atoms with van der Waals surface area (Å²) < 4.78 is 24.5. The third-order valence-electron chi connectivity index (χ3n) is 2.22. The Balaban J connectivity index is 0.000000240. The molecule has 0 radical (unpaired) electrons. The molecule has 6 nitrogen and oxygen atoms in total. The molecule has 0 N–H and O–H groups in total. The van der Waals surface area contributed by atoms with Crippen molar-refractivity contribution in [2.45, 2.75) is 0 Å². The van der Waals surface area contributed by atoms with E-state index in [0.717, 1.165) is 11.2 Å². The Morgan fingerprint density at radius 1 is 1.14 bits per heavy atom. The molecule has 0 saturated carbocycles. The van der Waals surface area contributed by atoms with Crippen molar-refractivity contribution in [3.8, 4) is 0 Å². The van der Waals surface area contributed by atoms with Gasteiger partial charge >= 0.3 is 0 Å². The van der Waals surface area contributed by atoms with Crippen LogP contribution in [-0.4, -0.2) is 33.1 Å². The minimum absolute atomic E-state index is 0.0544. The molecule has 0 aliphatic carbocycles. The summed E-state index contributed by atoms with van der Waals surface area (Å²) in [6.45, 7) is 3.33. The molecule has 0 unspecified atom stereocenters. The van der Waals surface area contributed by atoms with Crippen LogP contribution in [0.2, 0.25) is 0 Å². The lowest BCUT2D eigenvalue weighted by molar-refractivity contribution is -0.119. The van der Waals surface area contributed by atoms with Gasteiger partial charge in [0.2, 0.25) is 0 Å². The fourth-order valence-corrected chi connectivity index (χ4v) is 1.75. The molecule has 0 spiro atoms. The summed E-state index contributed by atoms with van der Waals surface area (Å²) in [6.07, 6.45) is 4.92. The van der Waals surface area contributed by atoms with Gasteiger partial charge in [0.1, 0.15) is 0 Å². The van der Waals surface area contributed by atoms with Gasteiger partial charge in [0, 0.05) is 12.2 Å². The normalized spacial score (nSPS) is 13.9. The van der Waals surface area contributed by atoms with E-state index >= 15 is 0 Å². The lowest BCUT2D eigenvalue weighted by Gasteiger charge is -2.12. The van der Waals surface area contributed by atoms with Crippen LogP contribution >= 0.6 is 0 Å². The van der Waals surface area contributed by atoms with Crippen molar-refractivity contribution in [3.05, 3.63) is 55.1 Å². The van der Waals surface area contributed by atoms with Crippen molar-refractivity contribution in [3.63, 3.8) is 0 Å². The van der Waals surface area contributed by atoms with Crippen molar-refractivity contribution in [2.75, 3.05) is 17.8 Å². The largest absolute Gasteiger partial charge is 0.269 e. The number of hydrogen-bond acceptors (Lipinski definition) is 5. The molecule has 1 aliphatic heterocycles. The van der Waals surface area contributed by atoms with Gasteiger partial charge in [-0.25, -0.2) is 4.90 Å². The fourth-order valence-electron chi connectivity index (χ4n) is 1.40. The summed E-state index contributed by atoms with van der Waals surface area (Å²) in [4.78, 5) is 23.5. The second kappa shape index (κ2) is 7.51. The van der Waals surface area contributed by atoms with Crippen LogP contribution in [0.25, 0.3) is 0 Å². The summed E-state index contributed by atoms with van der Waals surface area (Å²) >= 11 is 0.